The summed E-state index contributed by atoms with van der Waals surface area (Å²) in [4.78, 5) is 8.02. The molecule has 0 amide bonds. The van der Waals surface area contributed by atoms with Crippen LogP contribution in [0.3, 0.4) is 0 Å². The van der Waals surface area contributed by atoms with Crippen LogP contribution in [-0.2, 0) is 0 Å². The lowest BCUT2D eigenvalue weighted by Crippen LogP contribution is -1.82. The molecule has 0 atom stereocenters. The van der Waals surface area contributed by atoms with Crippen LogP contribution in [0, 0.1) is 13.8 Å². The number of aliphatic imine (C=N–C) groups is 1. The van der Waals surface area contributed by atoms with Crippen LogP contribution in [0.2, 0.25) is 0 Å². The van der Waals surface area contributed by atoms with Gasteiger partial charge in [0.15, 0.2) is 0 Å². The van der Waals surface area contributed by atoms with Gasteiger partial charge in [-0.05, 0) is 68.0 Å². The van der Waals surface area contributed by atoms with E-state index in [-0.39, 0.29) is 0 Å². The van der Waals surface area contributed by atoms with E-state index in [0.29, 0.717) is 0 Å². The highest BCUT2D eigenvalue weighted by atomic mass is 16.5. The summed E-state index contributed by atoms with van der Waals surface area (Å²) in [6.07, 6.45) is 14.2. The van der Waals surface area contributed by atoms with Gasteiger partial charge in [0.2, 0.25) is 0 Å². The number of aromatic nitrogens is 2. The summed E-state index contributed by atoms with van der Waals surface area (Å²) in [6, 6.07) is 14.3. The van der Waals surface area contributed by atoms with Crippen molar-refractivity contribution >= 4 is 30.0 Å². The molecule has 4 rings (SSSR count). The summed E-state index contributed by atoms with van der Waals surface area (Å²) in [5, 5.41) is 3.97. The maximum absolute atomic E-state index is 5.19. The Bertz CT molecular complexity index is 1100. The minimum absolute atomic E-state index is 0.823. The van der Waals surface area contributed by atoms with E-state index in [9.17, 15) is 0 Å². The average Bonchev–Trinajstić information content (AvgIpc) is 3.42. The second-order valence-corrected chi connectivity index (χ2v) is 6.62. The highest BCUT2D eigenvalue weighted by molar-refractivity contribution is 6.09. The van der Waals surface area contributed by atoms with E-state index in [1.165, 1.54) is 0 Å². The van der Waals surface area contributed by atoms with Crippen molar-refractivity contribution in [3.8, 4) is 0 Å². The molecule has 3 aromatic rings. The normalized spacial score (nSPS) is 15.4. The number of H-pyrrole nitrogens is 1. The van der Waals surface area contributed by atoms with E-state index in [4.69, 9.17) is 4.52 Å². The highest BCUT2D eigenvalue weighted by Crippen LogP contribution is 2.18. The lowest BCUT2D eigenvalue weighted by atomic mass is 10.2. The van der Waals surface area contributed by atoms with Gasteiger partial charge in [0.05, 0.1) is 17.1 Å². The Hall–Kier alpha value is -3.66. The summed E-state index contributed by atoms with van der Waals surface area (Å²) in [7, 11) is 0. The molecule has 0 fully saturated rings. The molecule has 3 heterocycles. The van der Waals surface area contributed by atoms with Crippen molar-refractivity contribution in [2.45, 2.75) is 13.8 Å². The zero-order valence-electron chi connectivity index (χ0n) is 15.9. The van der Waals surface area contributed by atoms with Gasteiger partial charge >= 0.3 is 0 Å². The number of rotatable bonds is 5. The molecule has 4 heteroatoms. The van der Waals surface area contributed by atoms with E-state index < -0.39 is 0 Å². The maximum atomic E-state index is 5.19. The maximum Gasteiger partial charge on any atom is 0.141 e. The Morgan fingerprint density at radius 2 is 1.68 bits per heavy atom. The molecule has 2 aromatic heterocycles. The molecule has 0 spiro atoms. The second-order valence-electron chi connectivity index (χ2n) is 6.62. The molecule has 1 aliphatic rings. The molecule has 138 valence electrons. The largest absolute Gasteiger partial charge is 0.361 e. The first kappa shape index (κ1) is 17.7. The lowest BCUT2D eigenvalue weighted by molar-refractivity contribution is 0.393. The molecule has 28 heavy (non-hydrogen) atoms. The predicted octanol–water partition coefficient (Wildman–Crippen LogP) is 5.86. The fourth-order valence-electron chi connectivity index (χ4n) is 2.98. The summed E-state index contributed by atoms with van der Waals surface area (Å²) in [6.45, 7) is 3.85. The van der Waals surface area contributed by atoms with Crippen LogP contribution < -0.4 is 0 Å². The van der Waals surface area contributed by atoms with E-state index in [1.807, 2.05) is 80.6 Å². The Labute approximate surface area is 164 Å². The molecule has 1 N–H and O–H groups in total. The highest BCUT2D eigenvalue weighted by Gasteiger charge is 2.05. The number of aromatic amines is 1. The second kappa shape index (κ2) is 7.92. The fourth-order valence-corrected chi connectivity index (χ4v) is 2.98. The van der Waals surface area contributed by atoms with Gasteiger partial charge in [0.25, 0.3) is 0 Å². The predicted molar refractivity (Wildman–Crippen MR) is 116 cm³/mol. The van der Waals surface area contributed by atoms with Gasteiger partial charge in [-0.1, -0.05) is 41.6 Å². The van der Waals surface area contributed by atoms with Gasteiger partial charge in [0.1, 0.15) is 5.76 Å². The molecule has 0 saturated carbocycles. The topological polar surface area (TPSA) is 54.2 Å². The number of nitrogens with one attached hydrogen (secondary N) is 1. The van der Waals surface area contributed by atoms with E-state index in [2.05, 4.69) is 33.3 Å². The Morgan fingerprint density at radius 3 is 2.46 bits per heavy atom. The average molecular weight is 367 g/mol. The number of hydrogen-bond acceptors (Lipinski definition) is 3. The monoisotopic (exact) mass is 367 g/mol. The van der Waals surface area contributed by atoms with E-state index in [0.717, 1.165) is 45.4 Å². The summed E-state index contributed by atoms with van der Waals surface area (Å²) in [5.74, 6) is 0.823. The summed E-state index contributed by atoms with van der Waals surface area (Å²) >= 11 is 0. The zero-order valence-corrected chi connectivity index (χ0v) is 15.9. The first-order chi connectivity index (χ1) is 13.7. The van der Waals surface area contributed by atoms with Crippen LogP contribution in [0.5, 0.6) is 0 Å². The molecular formula is C24H21N3O. The molecule has 1 aromatic carbocycles. The van der Waals surface area contributed by atoms with Gasteiger partial charge < -0.3 is 9.51 Å². The van der Waals surface area contributed by atoms with Crippen molar-refractivity contribution in [2.24, 2.45) is 4.99 Å². The molecule has 0 bridgehead atoms. The fraction of sp³-hybridized carbons (Fsp3) is 0.0833. The third-order valence-electron chi connectivity index (χ3n) is 4.48. The van der Waals surface area contributed by atoms with E-state index in [1.54, 1.807) is 0 Å². The quantitative estimate of drug-likeness (QED) is 0.614. The smallest absolute Gasteiger partial charge is 0.141 e. The van der Waals surface area contributed by atoms with Gasteiger partial charge in [-0.3, -0.25) is 0 Å². The molecule has 0 radical (unpaired) electrons. The van der Waals surface area contributed by atoms with Crippen LogP contribution in [0.4, 0.5) is 0 Å². The molecule has 4 nitrogen and oxygen atoms in total. The third kappa shape index (κ3) is 4.18. The SMILES string of the molecule is Cc1noc(C)c1/C=C/c1ccc(C=C2C=CC(/C=C/c3ccccc3)=N2)[nH]1. The van der Waals surface area contributed by atoms with Crippen molar-refractivity contribution in [2.75, 3.05) is 0 Å². The first-order valence-electron chi connectivity index (χ1n) is 9.19. The van der Waals surface area contributed by atoms with Crippen LogP contribution in [0.1, 0.15) is 34.0 Å². The number of nitrogens with zero attached hydrogens (tertiary/aromatic N) is 2. The van der Waals surface area contributed by atoms with E-state index >= 15 is 0 Å². The standard InChI is InChI=1S/C24H21N3O/c1-17-24(18(2)28-27-17)15-14-21-11-13-23(26-21)16-22-12-10-20(25-22)9-8-19-6-4-3-5-7-19/h3-16,26H,1-2H3/b9-8+,15-14+,22-16?. The van der Waals surface area contributed by atoms with Crippen molar-refractivity contribution in [3.05, 3.63) is 100 Å². The van der Waals surface area contributed by atoms with Crippen molar-refractivity contribution in [3.63, 3.8) is 0 Å². The van der Waals surface area contributed by atoms with Crippen LogP contribution >= 0.6 is 0 Å². The third-order valence-corrected chi connectivity index (χ3v) is 4.48. The van der Waals surface area contributed by atoms with Crippen molar-refractivity contribution in [1.82, 2.24) is 10.1 Å². The first-order valence-corrected chi connectivity index (χ1v) is 9.19. The zero-order chi connectivity index (χ0) is 19.3. The van der Waals surface area contributed by atoms with Gasteiger partial charge in [-0.15, -0.1) is 0 Å². The number of allylic oxidation sites excluding steroid dienone is 3. The molecule has 1 aliphatic heterocycles. The van der Waals surface area contributed by atoms with Crippen LogP contribution in [-0.4, -0.2) is 15.9 Å². The van der Waals surface area contributed by atoms with Gasteiger partial charge in [-0.2, -0.15) is 0 Å². The number of hydrogen-bond donors (Lipinski definition) is 1. The van der Waals surface area contributed by atoms with Crippen molar-refractivity contribution in [1.29, 1.82) is 0 Å². The minimum atomic E-state index is 0.823. The number of benzene rings is 1. The van der Waals surface area contributed by atoms with Gasteiger partial charge in [0, 0.05) is 17.0 Å². The summed E-state index contributed by atoms with van der Waals surface area (Å²) < 4.78 is 5.19. The minimum Gasteiger partial charge on any atom is -0.361 e. The van der Waals surface area contributed by atoms with Gasteiger partial charge in [-0.25, -0.2) is 4.99 Å². The van der Waals surface area contributed by atoms with Crippen LogP contribution in [0.15, 0.2) is 75.9 Å². The molecule has 0 saturated heterocycles. The van der Waals surface area contributed by atoms with Crippen LogP contribution in [0.25, 0.3) is 24.3 Å². The van der Waals surface area contributed by atoms with Crippen molar-refractivity contribution < 1.29 is 4.52 Å². The molecule has 0 unspecified atom stereocenters. The Morgan fingerprint density at radius 1 is 0.857 bits per heavy atom. The summed E-state index contributed by atoms with van der Waals surface area (Å²) in [5.41, 5.74) is 6.97. The Kier molecular flexibility index (Phi) is 5.02. The number of aryl methyl sites for hydroxylation is 2. The lowest BCUT2D eigenvalue weighted by Gasteiger charge is -1.92. The molecule has 0 aliphatic carbocycles. The Balaban J connectivity index is 1.45. The molecular weight excluding hydrogens is 346 g/mol.